The predicted octanol–water partition coefficient (Wildman–Crippen LogP) is 2.36. The van der Waals surface area contributed by atoms with Gasteiger partial charge < -0.3 is 27.0 Å². The van der Waals surface area contributed by atoms with Crippen molar-refractivity contribution < 1.29 is 25.3 Å². The molecule has 0 aliphatic heterocycles. The lowest BCUT2D eigenvalue weighted by atomic mass is 9.89. The van der Waals surface area contributed by atoms with Crippen LogP contribution in [0.4, 0.5) is 10.5 Å². The van der Waals surface area contributed by atoms with Crippen LogP contribution in [-0.2, 0) is 14.4 Å². The van der Waals surface area contributed by atoms with Crippen molar-refractivity contribution >= 4 is 57.8 Å². The molecule has 6 N–H and O–H groups in total. The minimum absolute atomic E-state index is 0.000848. The van der Waals surface area contributed by atoms with E-state index in [1.165, 1.54) is 0 Å². The van der Waals surface area contributed by atoms with E-state index in [1.807, 2.05) is 22.6 Å². The van der Waals surface area contributed by atoms with Crippen LogP contribution in [-0.4, -0.2) is 52.6 Å². The Morgan fingerprint density at radius 3 is 2.26 bits per heavy atom. The van der Waals surface area contributed by atoms with Gasteiger partial charge in [0.1, 0.15) is 0 Å². The molecule has 1 aromatic rings. The number of hydrogen-bond acceptors (Lipinski definition) is 5. The van der Waals surface area contributed by atoms with Gasteiger partial charge in [-0.25, -0.2) is 4.79 Å². The van der Waals surface area contributed by atoms with Gasteiger partial charge in [-0.15, -0.1) is 0 Å². The number of anilines is 1. The van der Waals surface area contributed by atoms with E-state index in [4.69, 9.17) is 7.10 Å². The lowest BCUT2D eigenvalue weighted by Crippen LogP contribution is -2.46. The van der Waals surface area contributed by atoms with Gasteiger partial charge in [0.15, 0.2) is 5.78 Å². The number of ketones is 1. The van der Waals surface area contributed by atoms with Gasteiger partial charge in [0.05, 0.1) is 10.5 Å². The quantitative estimate of drug-likeness (QED) is 0.125. The summed E-state index contributed by atoms with van der Waals surface area (Å²) in [5.74, 6) is -2.13. The van der Waals surface area contributed by atoms with Crippen molar-refractivity contribution in [2.45, 2.75) is 59.0 Å². The zero-order valence-electron chi connectivity index (χ0n) is 21.4. The molecular formula is C24H36IN5O5. The molecule has 0 saturated heterocycles. The van der Waals surface area contributed by atoms with Gasteiger partial charge in [-0.3, -0.25) is 19.2 Å². The second-order valence-corrected chi connectivity index (χ2v) is 9.43. The maximum Gasteiger partial charge on any atom is 0.312 e. The maximum atomic E-state index is 13.2. The second kappa shape index (κ2) is 15.3. The molecule has 0 fully saturated rings. The van der Waals surface area contributed by atoms with Crippen LogP contribution in [0.25, 0.3) is 0 Å². The fourth-order valence-electron chi connectivity index (χ4n) is 3.36. The Morgan fingerprint density at radius 2 is 1.71 bits per heavy atom. The number of Topliss-reactive ketones (excluding diaryl/α,β-unsaturated/α-hetero) is 1. The minimum atomic E-state index is -0.816. The first kappa shape index (κ1) is 28.5. The summed E-state index contributed by atoms with van der Waals surface area (Å²) in [7, 11) is 0. The van der Waals surface area contributed by atoms with Crippen LogP contribution in [0.15, 0.2) is 24.3 Å². The van der Waals surface area contributed by atoms with E-state index < -0.39 is 23.9 Å². The summed E-state index contributed by atoms with van der Waals surface area (Å²) in [6, 6.07) is 4.48. The number of nitrogens with two attached hydrogens (primary N) is 1. The average Bonchev–Trinajstić information content (AvgIpc) is 2.83. The summed E-state index contributed by atoms with van der Waals surface area (Å²) in [4.78, 5) is 61.2. The molecule has 5 amide bonds. The van der Waals surface area contributed by atoms with Gasteiger partial charge >= 0.3 is 6.03 Å². The average molecular weight is 602 g/mol. The third-order valence-corrected chi connectivity index (χ3v) is 5.78. The lowest BCUT2D eigenvalue weighted by Gasteiger charge is -2.24. The number of alkyl halides is 1. The first-order valence-corrected chi connectivity index (χ1v) is 12.9. The maximum absolute atomic E-state index is 13.2. The Kier molecular flexibility index (Phi) is 12.5. The third kappa shape index (κ3) is 11.5. The predicted molar refractivity (Wildman–Crippen MR) is 143 cm³/mol. The number of halogens is 1. The summed E-state index contributed by atoms with van der Waals surface area (Å²) in [6.07, 6.45) is 0.659. The van der Waals surface area contributed by atoms with Crippen LogP contribution in [0.5, 0.6) is 0 Å². The van der Waals surface area contributed by atoms with Crippen molar-refractivity contribution in [3.63, 3.8) is 0 Å². The van der Waals surface area contributed by atoms with Gasteiger partial charge in [-0.05, 0) is 56.8 Å². The summed E-state index contributed by atoms with van der Waals surface area (Å²) >= 11 is 1.95. The molecule has 0 spiro atoms. The van der Waals surface area contributed by atoms with Crippen LogP contribution in [0.1, 0.15) is 58.7 Å². The topological polar surface area (TPSA) is 159 Å². The van der Waals surface area contributed by atoms with E-state index in [2.05, 4.69) is 21.3 Å². The summed E-state index contributed by atoms with van der Waals surface area (Å²) < 4.78 is 7.73. The van der Waals surface area contributed by atoms with Crippen LogP contribution in [0.2, 0.25) is 0 Å². The molecule has 1 unspecified atom stereocenters. The van der Waals surface area contributed by atoms with Crippen LogP contribution >= 0.6 is 22.6 Å². The molecule has 0 radical (unpaired) electrons. The second-order valence-electron chi connectivity index (χ2n) is 8.66. The highest BCUT2D eigenvalue weighted by Gasteiger charge is 2.29. The third-order valence-electron chi connectivity index (χ3n) is 5.09. The highest BCUT2D eigenvalue weighted by atomic mass is 127. The Balaban J connectivity index is 2.90. The SMILES string of the molecule is [2H]C[C@H](C)NC(=O)C(CCCNC(N)=O)CC(=O)[C@@H](NC(=O)c1ccc(NC(=O)CI)cc1)C(C)C. The Labute approximate surface area is 221 Å². The monoisotopic (exact) mass is 602 g/mol. The van der Waals surface area contributed by atoms with Crippen molar-refractivity contribution in [2.24, 2.45) is 17.6 Å². The van der Waals surface area contributed by atoms with Crippen LogP contribution in [0.3, 0.4) is 0 Å². The van der Waals surface area contributed by atoms with E-state index in [9.17, 15) is 24.0 Å². The first-order chi connectivity index (χ1) is 17.0. The number of amides is 5. The van der Waals surface area contributed by atoms with Crippen molar-refractivity contribution in [2.75, 3.05) is 16.3 Å². The number of nitrogens with one attached hydrogen (secondary N) is 4. The molecule has 3 atom stereocenters. The van der Waals surface area contributed by atoms with Gasteiger partial charge in [-0.2, -0.15) is 0 Å². The number of hydrogen-bond donors (Lipinski definition) is 5. The van der Waals surface area contributed by atoms with Crippen molar-refractivity contribution in [1.29, 1.82) is 0 Å². The highest BCUT2D eigenvalue weighted by molar-refractivity contribution is 14.1. The van der Waals surface area contributed by atoms with Gasteiger partial charge in [0.25, 0.3) is 5.91 Å². The van der Waals surface area contributed by atoms with E-state index >= 15 is 0 Å². The molecule has 0 aliphatic carbocycles. The molecule has 0 bridgehead atoms. The number of benzene rings is 1. The Bertz CT molecular complexity index is 913. The number of carbonyl (C=O) groups is 5. The van der Waals surface area contributed by atoms with Crippen molar-refractivity contribution in [3.05, 3.63) is 29.8 Å². The molecule has 11 heteroatoms. The highest BCUT2D eigenvalue weighted by Crippen LogP contribution is 2.17. The first-order valence-electron chi connectivity index (χ1n) is 12.1. The van der Waals surface area contributed by atoms with E-state index in [0.29, 0.717) is 28.5 Å². The standard InChI is InChI=1S/C24H36IN5O5/c1-14(2)21(30-22(33)16-7-9-18(10-8-16)29-20(32)13-25)19(31)12-17(23(34)28-15(3)4)6-5-11-27-24(26)35/h7-10,14-15,17,21H,5-6,11-13H2,1-4H3,(H,28,34)(H,29,32)(H,30,33)(H3,26,27,35)/t17?,21-/m0/s1/i3D/t15-,17?,21+/m1. The zero-order valence-corrected chi connectivity index (χ0v) is 22.5. The minimum Gasteiger partial charge on any atom is -0.354 e. The van der Waals surface area contributed by atoms with E-state index in [-0.39, 0.29) is 49.4 Å². The number of rotatable bonds is 14. The molecule has 35 heavy (non-hydrogen) atoms. The fourth-order valence-corrected chi connectivity index (χ4v) is 3.55. The fraction of sp³-hybridized carbons (Fsp3) is 0.542. The normalized spacial score (nSPS) is 13.7. The van der Waals surface area contributed by atoms with Crippen molar-refractivity contribution in [1.82, 2.24) is 16.0 Å². The molecule has 1 rings (SSSR count). The largest absolute Gasteiger partial charge is 0.354 e. The van der Waals surface area contributed by atoms with Crippen molar-refractivity contribution in [3.8, 4) is 0 Å². The number of carbonyl (C=O) groups excluding carboxylic acids is 5. The van der Waals surface area contributed by atoms with E-state index in [0.717, 1.165) is 0 Å². The van der Waals surface area contributed by atoms with Gasteiger partial charge in [0.2, 0.25) is 11.8 Å². The molecular weight excluding hydrogens is 565 g/mol. The molecule has 10 nitrogen and oxygen atoms in total. The molecule has 0 aliphatic rings. The Hall–Kier alpha value is -2.70. The number of urea groups is 1. The summed E-state index contributed by atoms with van der Waals surface area (Å²) in [5, 5.41) is 10.7. The molecule has 0 aromatic heterocycles. The zero-order chi connectivity index (χ0) is 27.3. The summed E-state index contributed by atoms with van der Waals surface area (Å²) in [5.41, 5.74) is 5.97. The van der Waals surface area contributed by atoms with Gasteiger partial charge in [0, 0.05) is 37.5 Å². The summed E-state index contributed by atoms with van der Waals surface area (Å²) in [6.45, 7) is 5.58. The lowest BCUT2D eigenvalue weighted by molar-refractivity contribution is -0.131. The van der Waals surface area contributed by atoms with Crippen LogP contribution in [0, 0.1) is 11.8 Å². The molecule has 1 aromatic carbocycles. The van der Waals surface area contributed by atoms with E-state index in [1.54, 1.807) is 45.0 Å². The van der Waals surface area contributed by atoms with Gasteiger partial charge in [-0.1, -0.05) is 36.4 Å². The smallest absolute Gasteiger partial charge is 0.312 e. The molecule has 194 valence electrons. The molecule has 0 saturated carbocycles. The number of primary amides is 1. The molecule has 0 heterocycles. The Morgan fingerprint density at radius 1 is 1.06 bits per heavy atom. The van der Waals surface area contributed by atoms with Crippen LogP contribution < -0.4 is 27.0 Å².